The SMILES string of the molecule is COC(=O)[C@@H]1C[C@@H]1Cl. The van der Waals surface area contributed by atoms with E-state index in [1.54, 1.807) is 0 Å². The summed E-state index contributed by atoms with van der Waals surface area (Å²) in [5.41, 5.74) is 0. The summed E-state index contributed by atoms with van der Waals surface area (Å²) in [7, 11) is 1.38. The van der Waals surface area contributed by atoms with Crippen LogP contribution in [0.3, 0.4) is 0 Å². The average Bonchev–Trinajstić information content (AvgIpc) is 2.45. The molecule has 0 heterocycles. The van der Waals surface area contributed by atoms with Crippen molar-refractivity contribution in [2.75, 3.05) is 7.11 Å². The first-order valence-corrected chi connectivity index (χ1v) is 2.91. The van der Waals surface area contributed by atoms with Crippen molar-refractivity contribution in [2.24, 2.45) is 5.92 Å². The molecule has 1 aliphatic rings. The lowest BCUT2D eigenvalue weighted by Crippen LogP contribution is -2.03. The number of alkyl halides is 1. The van der Waals surface area contributed by atoms with Gasteiger partial charge in [-0.2, -0.15) is 0 Å². The summed E-state index contributed by atoms with van der Waals surface area (Å²) in [6.45, 7) is 0. The minimum Gasteiger partial charge on any atom is -0.469 e. The third kappa shape index (κ3) is 0.944. The fraction of sp³-hybridized carbons (Fsp3) is 0.800. The molecule has 1 rings (SSSR count). The summed E-state index contributed by atoms with van der Waals surface area (Å²) in [6.07, 6.45) is 0.786. The number of carbonyl (C=O) groups is 1. The molecule has 0 N–H and O–H groups in total. The lowest BCUT2D eigenvalue weighted by atomic mass is 10.4. The predicted molar refractivity (Wildman–Crippen MR) is 29.8 cm³/mol. The minimum absolute atomic E-state index is 0.0123. The van der Waals surface area contributed by atoms with Gasteiger partial charge in [0.2, 0.25) is 0 Å². The van der Waals surface area contributed by atoms with E-state index < -0.39 is 0 Å². The monoisotopic (exact) mass is 134 g/mol. The summed E-state index contributed by atoms with van der Waals surface area (Å²) in [5, 5.41) is 0.0439. The topological polar surface area (TPSA) is 26.3 Å². The summed E-state index contributed by atoms with van der Waals surface area (Å²) in [4.78, 5) is 10.5. The quantitative estimate of drug-likeness (QED) is 0.392. The van der Waals surface area contributed by atoms with Gasteiger partial charge < -0.3 is 4.74 Å². The molecule has 0 amide bonds. The fourth-order valence-corrected chi connectivity index (χ4v) is 0.854. The number of methoxy groups -OCH3 is 1. The largest absolute Gasteiger partial charge is 0.469 e. The maximum absolute atomic E-state index is 10.5. The Kier molecular flexibility index (Phi) is 1.43. The Morgan fingerprint density at radius 2 is 2.38 bits per heavy atom. The summed E-state index contributed by atoms with van der Waals surface area (Å²) >= 11 is 5.52. The molecule has 8 heavy (non-hydrogen) atoms. The van der Waals surface area contributed by atoms with Gasteiger partial charge in [-0.3, -0.25) is 4.79 Å². The van der Waals surface area contributed by atoms with Gasteiger partial charge in [-0.25, -0.2) is 0 Å². The van der Waals surface area contributed by atoms with Gasteiger partial charge in [0.1, 0.15) is 0 Å². The fourth-order valence-electron chi connectivity index (χ4n) is 0.559. The van der Waals surface area contributed by atoms with Crippen LogP contribution in [0.2, 0.25) is 0 Å². The van der Waals surface area contributed by atoms with Crippen LogP contribution in [-0.4, -0.2) is 18.5 Å². The molecule has 0 aromatic carbocycles. The lowest BCUT2D eigenvalue weighted by molar-refractivity contribution is -0.142. The van der Waals surface area contributed by atoms with E-state index in [1.807, 2.05) is 0 Å². The standard InChI is InChI=1S/C5H7ClO2/c1-8-5(7)3-2-4(3)6/h3-4H,2H2,1H3/t3-,4+/m1/s1. The molecule has 0 aromatic rings. The number of rotatable bonds is 1. The maximum Gasteiger partial charge on any atom is 0.310 e. The molecule has 1 aliphatic carbocycles. The van der Waals surface area contributed by atoms with E-state index in [0.29, 0.717) is 0 Å². The Hall–Kier alpha value is -0.240. The Morgan fingerprint density at radius 3 is 2.50 bits per heavy atom. The van der Waals surface area contributed by atoms with Crippen molar-refractivity contribution < 1.29 is 9.53 Å². The summed E-state index contributed by atoms with van der Waals surface area (Å²) < 4.78 is 4.42. The van der Waals surface area contributed by atoms with Gasteiger partial charge in [-0.15, -0.1) is 11.6 Å². The van der Waals surface area contributed by atoms with E-state index in [0.717, 1.165) is 6.42 Å². The van der Waals surface area contributed by atoms with Crippen LogP contribution < -0.4 is 0 Å². The van der Waals surface area contributed by atoms with Crippen molar-refractivity contribution in [3.8, 4) is 0 Å². The molecule has 0 spiro atoms. The molecule has 46 valence electrons. The van der Waals surface area contributed by atoms with Crippen LogP contribution >= 0.6 is 11.6 Å². The Balaban J connectivity index is 2.28. The molecule has 0 radical (unpaired) electrons. The Labute approximate surface area is 52.8 Å². The number of ether oxygens (including phenoxy) is 1. The second-order valence-corrected chi connectivity index (χ2v) is 2.44. The number of esters is 1. The van der Waals surface area contributed by atoms with E-state index in [1.165, 1.54) is 7.11 Å². The number of hydrogen-bond acceptors (Lipinski definition) is 2. The van der Waals surface area contributed by atoms with Crippen molar-refractivity contribution in [1.29, 1.82) is 0 Å². The van der Waals surface area contributed by atoms with Crippen LogP contribution in [0.1, 0.15) is 6.42 Å². The molecule has 0 saturated heterocycles. The highest BCUT2D eigenvalue weighted by molar-refractivity contribution is 6.24. The van der Waals surface area contributed by atoms with Gasteiger partial charge in [0.05, 0.1) is 13.0 Å². The van der Waals surface area contributed by atoms with Crippen LogP contribution in [0.15, 0.2) is 0 Å². The van der Waals surface area contributed by atoms with Gasteiger partial charge in [-0.05, 0) is 6.42 Å². The first-order chi connectivity index (χ1) is 3.75. The second kappa shape index (κ2) is 1.94. The molecular formula is C5H7ClO2. The van der Waals surface area contributed by atoms with E-state index >= 15 is 0 Å². The molecule has 2 nitrogen and oxygen atoms in total. The molecule has 0 bridgehead atoms. The third-order valence-corrected chi connectivity index (χ3v) is 1.70. The van der Waals surface area contributed by atoms with Crippen LogP contribution in [0.5, 0.6) is 0 Å². The molecular weight excluding hydrogens is 128 g/mol. The van der Waals surface area contributed by atoms with E-state index in [4.69, 9.17) is 11.6 Å². The normalized spacial score (nSPS) is 34.2. The first-order valence-electron chi connectivity index (χ1n) is 2.47. The summed E-state index contributed by atoms with van der Waals surface area (Å²) in [6, 6.07) is 0. The van der Waals surface area contributed by atoms with Gasteiger partial charge in [-0.1, -0.05) is 0 Å². The average molecular weight is 135 g/mol. The molecule has 2 atom stereocenters. The zero-order chi connectivity index (χ0) is 6.15. The molecule has 0 aromatic heterocycles. The molecule has 0 unspecified atom stereocenters. The van der Waals surface area contributed by atoms with Gasteiger partial charge in [0.25, 0.3) is 0 Å². The van der Waals surface area contributed by atoms with Gasteiger partial charge in [0, 0.05) is 5.38 Å². The molecule has 0 aliphatic heterocycles. The van der Waals surface area contributed by atoms with Gasteiger partial charge >= 0.3 is 5.97 Å². The molecule has 1 saturated carbocycles. The maximum atomic E-state index is 10.5. The van der Waals surface area contributed by atoms with Crippen LogP contribution in [0.25, 0.3) is 0 Å². The highest BCUT2D eigenvalue weighted by Crippen LogP contribution is 2.36. The third-order valence-electron chi connectivity index (χ3n) is 1.22. The van der Waals surface area contributed by atoms with E-state index in [-0.39, 0.29) is 17.3 Å². The second-order valence-electron chi connectivity index (χ2n) is 1.88. The van der Waals surface area contributed by atoms with Crippen LogP contribution in [0, 0.1) is 5.92 Å². The van der Waals surface area contributed by atoms with Crippen LogP contribution in [-0.2, 0) is 9.53 Å². The Bertz CT molecular complexity index is 113. The van der Waals surface area contributed by atoms with Crippen molar-refractivity contribution in [3.05, 3.63) is 0 Å². The predicted octanol–water partition coefficient (Wildman–Crippen LogP) is 0.787. The van der Waals surface area contributed by atoms with Crippen molar-refractivity contribution in [1.82, 2.24) is 0 Å². The molecule has 3 heteroatoms. The number of carbonyl (C=O) groups excluding carboxylic acids is 1. The van der Waals surface area contributed by atoms with Crippen molar-refractivity contribution in [3.63, 3.8) is 0 Å². The highest BCUT2D eigenvalue weighted by atomic mass is 35.5. The zero-order valence-electron chi connectivity index (χ0n) is 4.56. The van der Waals surface area contributed by atoms with E-state index in [9.17, 15) is 4.79 Å². The molecule has 1 fully saturated rings. The number of hydrogen-bond donors (Lipinski definition) is 0. The smallest absolute Gasteiger partial charge is 0.310 e. The lowest BCUT2D eigenvalue weighted by Gasteiger charge is -1.90. The minimum atomic E-state index is -0.176. The van der Waals surface area contributed by atoms with E-state index in [2.05, 4.69) is 4.74 Å². The Morgan fingerprint density at radius 1 is 1.88 bits per heavy atom. The van der Waals surface area contributed by atoms with Gasteiger partial charge in [0.15, 0.2) is 0 Å². The zero-order valence-corrected chi connectivity index (χ0v) is 5.31. The highest BCUT2D eigenvalue weighted by Gasteiger charge is 2.42. The van der Waals surface area contributed by atoms with Crippen LogP contribution in [0.4, 0.5) is 0 Å². The summed E-state index contributed by atoms with van der Waals surface area (Å²) in [5.74, 6) is -0.188. The van der Waals surface area contributed by atoms with Crippen molar-refractivity contribution in [2.45, 2.75) is 11.8 Å². The first kappa shape index (κ1) is 5.89. The van der Waals surface area contributed by atoms with Crippen molar-refractivity contribution >= 4 is 17.6 Å². The number of halogens is 1.